The van der Waals surface area contributed by atoms with Crippen molar-refractivity contribution in [2.45, 2.75) is 6.42 Å². The van der Waals surface area contributed by atoms with Crippen LogP contribution in [0.5, 0.6) is 0 Å². The van der Waals surface area contributed by atoms with Crippen LogP contribution in [0.1, 0.15) is 6.42 Å². The highest BCUT2D eigenvalue weighted by molar-refractivity contribution is 6.35. The molecule has 0 spiro atoms. The molecule has 0 bridgehead atoms. The molecule has 5 heteroatoms. The van der Waals surface area contributed by atoms with Crippen LogP contribution in [-0.4, -0.2) is 27.9 Å². The summed E-state index contributed by atoms with van der Waals surface area (Å²) in [7, 11) is 0. The number of aliphatic carboxylic acids is 2. The number of carboxylic acid groups (broad SMARTS) is 2. The van der Waals surface area contributed by atoms with E-state index >= 15 is 0 Å². The number of hydrogen-bond donors (Lipinski definition) is 2. The Labute approximate surface area is 49.9 Å². The minimum Gasteiger partial charge on any atom is -0.481 e. The molecule has 0 heterocycles. The molecule has 0 rings (SSSR count). The summed E-state index contributed by atoms with van der Waals surface area (Å²) in [6.07, 6.45) is -0.949. The number of carbonyl (C=O) groups is 3. The van der Waals surface area contributed by atoms with Crippen molar-refractivity contribution in [1.82, 2.24) is 0 Å². The zero-order chi connectivity index (χ0) is 7.44. The topological polar surface area (TPSA) is 91.7 Å². The average Bonchev–Trinajstić information content (AvgIpc) is 1.63. The molecule has 0 aromatic carbocycles. The van der Waals surface area contributed by atoms with Gasteiger partial charge < -0.3 is 10.2 Å². The van der Waals surface area contributed by atoms with Gasteiger partial charge in [-0.2, -0.15) is 0 Å². The van der Waals surface area contributed by atoms with Crippen LogP contribution in [-0.2, 0) is 14.4 Å². The number of carbonyl (C=O) groups excluding carboxylic acids is 1. The summed E-state index contributed by atoms with van der Waals surface area (Å²) >= 11 is 0. The van der Waals surface area contributed by atoms with Gasteiger partial charge in [0.1, 0.15) is 6.42 Å². The molecule has 0 atom stereocenters. The van der Waals surface area contributed by atoms with Crippen LogP contribution in [0.25, 0.3) is 0 Å². The maximum Gasteiger partial charge on any atom is 0.372 e. The Bertz CT molecular complexity index is 158. The third kappa shape index (κ3) is 3.22. The summed E-state index contributed by atoms with van der Waals surface area (Å²) in [5, 5.41) is 15.7. The Morgan fingerprint density at radius 2 is 1.56 bits per heavy atom. The molecule has 2 N–H and O–H groups in total. The van der Waals surface area contributed by atoms with Crippen molar-refractivity contribution in [3.63, 3.8) is 0 Å². The minimum absolute atomic E-state index is 0.949. The first kappa shape index (κ1) is 7.61. The smallest absolute Gasteiger partial charge is 0.372 e. The molecule has 50 valence electrons. The first-order valence-corrected chi connectivity index (χ1v) is 2.02. The molecule has 0 saturated carbocycles. The van der Waals surface area contributed by atoms with Crippen LogP contribution < -0.4 is 0 Å². The van der Waals surface area contributed by atoms with E-state index in [0.717, 1.165) is 0 Å². The molecule has 9 heavy (non-hydrogen) atoms. The molecule has 0 aliphatic carbocycles. The average molecular weight is 133 g/mol. The van der Waals surface area contributed by atoms with Crippen molar-refractivity contribution in [2.24, 2.45) is 0 Å². The fourth-order valence-corrected chi connectivity index (χ4v) is 0.213. The van der Waals surface area contributed by atoms with E-state index in [9.17, 15) is 14.4 Å². The van der Waals surface area contributed by atoms with Gasteiger partial charge in [-0.1, -0.05) is 0 Å². The fourth-order valence-electron chi connectivity index (χ4n) is 0.213. The van der Waals surface area contributed by atoms with Crippen LogP contribution >= 0.6 is 0 Å². The van der Waals surface area contributed by atoms with Gasteiger partial charge in [-0.15, -0.1) is 0 Å². The van der Waals surface area contributed by atoms with Crippen molar-refractivity contribution in [3.8, 4) is 0 Å². The zero-order valence-electron chi connectivity index (χ0n) is 4.33. The van der Waals surface area contributed by atoms with Crippen molar-refractivity contribution in [2.75, 3.05) is 0 Å². The van der Waals surface area contributed by atoms with Crippen molar-refractivity contribution in [3.05, 3.63) is 0 Å². The van der Waals surface area contributed by atoms with E-state index in [4.69, 9.17) is 10.2 Å². The van der Waals surface area contributed by atoms with E-state index in [0.29, 0.717) is 0 Å². The largest absolute Gasteiger partial charge is 0.481 e. The number of carboxylic acids is 2. The lowest BCUT2D eigenvalue weighted by molar-refractivity contribution is -0.152. The molecule has 0 aliphatic rings. The molecule has 0 aromatic rings. The van der Waals surface area contributed by atoms with Gasteiger partial charge in [-0.05, 0) is 0 Å². The molecule has 0 unspecified atom stereocenters. The second kappa shape index (κ2) is 2.81. The molecule has 0 fully saturated rings. The van der Waals surface area contributed by atoms with Gasteiger partial charge in [0.05, 0.1) is 0 Å². The molecule has 0 aromatic heterocycles. The Morgan fingerprint density at radius 3 is 1.67 bits per heavy atom. The number of Topliss-reactive ketones (excluding diaryl/α,β-unsaturated/α-hetero) is 1. The summed E-state index contributed by atoms with van der Waals surface area (Å²) in [6.45, 7) is 0. The van der Waals surface area contributed by atoms with Gasteiger partial charge in [0.25, 0.3) is 5.78 Å². The van der Waals surface area contributed by atoms with E-state index in [1.54, 1.807) is 0 Å². The van der Waals surface area contributed by atoms with Crippen LogP contribution in [0.15, 0.2) is 0 Å². The lowest BCUT2D eigenvalue weighted by Gasteiger charge is -1.85. The Morgan fingerprint density at radius 1 is 1.11 bits per heavy atom. The van der Waals surface area contributed by atoms with Gasteiger partial charge >= 0.3 is 11.9 Å². The highest BCUT2D eigenvalue weighted by Gasteiger charge is 2.14. The quantitative estimate of drug-likeness (QED) is 0.296. The van der Waals surface area contributed by atoms with E-state index < -0.39 is 24.1 Å². The highest BCUT2D eigenvalue weighted by Crippen LogP contribution is 1.81. The first-order chi connectivity index (χ1) is 4.04. The third-order valence-corrected chi connectivity index (χ3v) is 0.550. The van der Waals surface area contributed by atoms with Gasteiger partial charge in [0, 0.05) is 0 Å². The van der Waals surface area contributed by atoms with Gasteiger partial charge in [0.2, 0.25) is 0 Å². The second-order valence-corrected chi connectivity index (χ2v) is 1.30. The van der Waals surface area contributed by atoms with Crippen LogP contribution in [0, 0.1) is 0 Å². The lowest BCUT2D eigenvalue weighted by atomic mass is 10.5. The Hall–Kier alpha value is -1.39. The van der Waals surface area contributed by atoms with Crippen LogP contribution in [0.3, 0.4) is 0 Å². The Kier molecular flexibility index (Phi) is 2.37. The predicted molar refractivity (Wildman–Crippen MR) is 24.9 cm³/mol. The lowest BCUT2D eigenvalue weighted by Crippen LogP contribution is -2.16. The highest BCUT2D eigenvalue weighted by atomic mass is 16.4. The van der Waals surface area contributed by atoms with E-state index in [2.05, 4.69) is 0 Å². The van der Waals surface area contributed by atoms with Gasteiger partial charge in [-0.25, -0.2) is 4.79 Å². The molecular formula is C4H4O5. The maximum absolute atomic E-state index is 9.97. The standard InChI is InChI=1S/C4H4O5/c5-2(4(8)9)1-3(6)7/h1H2,(H,6,7)(H,8,9)/i2+1. The SMILES string of the molecule is O=C(O)C[13C](=O)C(=O)O. The molecule has 5 nitrogen and oxygen atoms in total. The maximum atomic E-state index is 9.97. The summed E-state index contributed by atoms with van der Waals surface area (Å²) in [4.78, 5) is 29.2. The van der Waals surface area contributed by atoms with E-state index in [1.807, 2.05) is 0 Å². The monoisotopic (exact) mass is 133 g/mol. The second-order valence-electron chi connectivity index (χ2n) is 1.30. The van der Waals surface area contributed by atoms with E-state index in [-0.39, 0.29) is 0 Å². The number of rotatable bonds is 3. The van der Waals surface area contributed by atoms with Gasteiger partial charge in [-0.3, -0.25) is 9.59 Å². The number of hydrogen-bond acceptors (Lipinski definition) is 3. The minimum atomic E-state index is -1.71. The van der Waals surface area contributed by atoms with E-state index in [1.165, 1.54) is 0 Å². The van der Waals surface area contributed by atoms with Crippen LogP contribution in [0.2, 0.25) is 0 Å². The third-order valence-electron chi connectivity index (χ3n) is 0.550. The molecular weight excluding hydrogens is 129 g/mol. The molecule has 0 aliphatic heterocycles. The van der Waals surface area contributed by atoms with Crippen molar-refractivity contribution >= 4 is 17.7 Å². The summed E-state index contributed by atoms with van der Waals surface area (Å²) < 4.78 is 0. The summed E-state index contributed by atoms with van der Waals surface area (Å²) in [5.74, 6) is -4.44. The normalized spacial score (nSPS) is 8.44. The molecule has 0 amide bonds. The van der Waals surface area contributed by atoms with Crippen molar-refractivity contribution < 1.29 is 24.6 Å². The zero-order valence-corrected chi connectivity index (χ0v) is 4.33. The predicted octanol–water partition coefficient (Wildman–Crippen LogP) is -0.885. The first-order valence-electron chi connectivity index (χ1n) is 2.02. The fraction of sp³-hybridized carbons (Fsp3) is 0.250. The molecule has 0 radical (unpaired) electrons. The Balaban J connectivity index is 3.79. The van der Waals surface area contributed by atoms with Crippen molar-refractivity contribution in [1.29, 1.82) is 0 Å². The molecule has 0 saturated heterocycles. The van der Waals surface area contributed by atoms with Crippen LogP contribution in [0.4, 0.5) is 0 Å². The summed E-state index contributed by atoms with van der Waals surface area (Å²) in [5.41, 5.74) is 0. The summed E-state index contributed by atoms with van der Waals surface area (Å²) in [6, 6.07) is 0. The van der Waals surface area contributed by atoms with Gasteiger partial charge in [0.15, 0.2) is 0 Å². The number of ketones is 1.